The summed E-state index contributed by atoms with van der Waals surface area (Å²) in [5, 5.41) is 11.2. The SMILES string of the molecule is O=C(O)c1ccc(F)c(NC(=O)c2cnccc2Cl)c1. The Labute approximate surface area is 118 Å². The first kappa shape index (κ1) is 14.0. The quantitative estimate of drug-likeness (QED) is 0.912. The summed E-state index contributed by atoms with van der Waals surface area (Å²) in [5.74, 6) is -2.65. The van der Waals surface area contributed by atoms with E-state index in [1.807, 2.05) is 0 Å². The van der Waals surface area contributed by atoms with Gasteiger partial charge in [-0.05, 0) is 24.3 Å². The molecule has 1 aromatic carbocycles. The van der Waals surface area contributed by atoms with E-state index in [4.69, 9.17) is 16.7 Å². The number of carbonyl (C=O) groups excluding carboxylic acids is 1. The summed E-state index contributed by atoms with van der Waals surface area (Å²) in [6.07, 6.45) is 2.64. The van der Waals surface area contributed by atoms with E-state index in [-0.39, 0.29) is 21.8 Å². The van der Waals surface area contributed by atoms with Crippen molar-refractivity contribution in [1.82, 2.24) is 4.98 Å². The number of hydrogen-bond acceptors (Lipinski definition) is 3. The number of halogens is 2. The second kappa shape index (κ2) is 5.66. The monoisotopic (exact) mass is 294 g/mol. The van der Waals surface area contributed by atoms with Crippen molar-refractivity contribution in [3.63, 3.8) is 0 Å². The maximum atomic E-state index is 13.6. The van der Waals surface area contributed by atoms with Gasteiger partial charge in [-0.25, -0.2) is 9.18 Å². The van der Waals surface area contributed by atoms with Crippen molar-refractivity contribution in [3.05, 3.63) is 58.6 Å². The van der Waals surface area contributed by atoms with Crippen molar-refractivity contribution in [2.45, 2.75) is 0 Å². The predicted octanol–water partition coefficient (Wildman–Crippen LogP) is 2.82. The van der Waals surface area contributed by atoms with E-state index >= 15 is 0 Å². The number of rotatable bonds is 3. The molecule has 7 heteroatoms. The molecule has 1 aromatic heterocycles. The third-order valence-electron chi connectivity index (χ3n) is 2.47. The number of hydrogen-bond donors (Lipinski definition) is 2. The first-order valence-corrected chi connectivity index (χ1v) is 5.80. The van der Waals surface area contributed by atoms with Gasteiger partial charge in [0.25, 0.3) is 5.91 Å². The summed E-state index contributed by atoms with van der Waals surface area (Å²) in [5.41, 5.74) is -0.317. The number of nitrogens with zero attached hydrogens (tertiary/aromatic N) is 1. The molecular formula is C13H8ClFN2O3. The fourth-order valence-corrected chi connectivity index (χ4v) is 1.68. The molecule has 102 valence electrons. The van der Waals surface area contributed by atoms with Crippen LogP contribution in [0.3, 0.4) is 0 Å². The molecule has 1 amide bonds. The summed E-state index contributed by atoms with van der Waals surface area (Å²) in [7, 11) is 0. The van der Waals surface area contributed by atoms with Crippen LogP contribution < -0.4 is 5.32 Å². The summed E-state index contributed by atoms with van der Waals surface area (Å²) in [6.45, 7) is 0. The van der Waals surface area contributed by atoms with E-state index in [0.717, 1.165) is 18.2 Å². The van der Waals surface area contributed by atoms with Gasteiger partial charge in [0.2, 0.25) is 0 Å². The molecule has 1 heterocycles. The van der Waals surface area contributed by atoms with Crippen molar-refractivity contribution in [1.29, 1.82) is 0 Å². The number of nitrogens with one attached hydrogen (secondary N) is 1. The largest absolute Gasteiger partial charge is 0.478 e. The summed E-state index contributed by atoms with van der Waals surface area (Å²) >= 11 is 5.82. The molecule has 0 aliphatic heterocycles. The maximum Gasteiger partial charge on any atom is 0.335 e. The lowest BCUT2D eigenvalue weighted by Crippen LogP contribution is -2.14. The predicted molar refractivity (Wildman–Crippen MR) is 70.6 cm³/mol. The number of carbonyl (C=O) groups is 2. The molecule has 2 aromatic rings. The number of pyridine rings is 1. The van der Waals surface area contributed by atoms with Crippen LogP contribution in [0.4, 0.5) is 10.1 Å². The third-order valence-corrected chi connectivity index (χ3v) is 2.80. The Kier molecular flexibility index (Phi) is 3.95. The van der Waals surface area contributed by atoms with E-state index in [1.54, 1.807) is 0 Å². The Morgan fingerprint density at radius 2 is 2.05 bits per heavy atom. The van der Waals surface area contributed by atoms with Crippen LogP contribution in [0.1, 0.15) is 20.7 Å². The average Bonchev–Trinajstić information content (AvgIpc) is 2.41. The molecule has 0 atom stereocenters. The van der Waals surface area contributed by atoms with Gasteiger partial charge in [-0.15, -0.1) is 0 Å². The molecule has 20 heavy (non-hydrogen) atoms. The third kappa shape index (κ3) is 2.92. The van der Waals surface area contributed by atoms with Gasteiger partial charge in [0.05, 0.1) is 21.8 Å². The Bertz CT molecular complexity index is 691. The zero-order valence-corrected chi connectivity index (χ0v) is 10.7. The van der Waals surface area contributed by atoms with Crippen LogP contribution in [0.15, 0.2) is 36.7 Å². The molecule has 2 rings (SSSR count). The molecule has 0 radical (unpaired) electrons. The molecule has 2 N–H and O–H groups in total. The van der Waals surface area contributed by atoms with E-state index in [0.29, 0.717) is 0 Å². The fourth-order valence-electron chi connectivity index (χ4n) is 1.49. The van der Waals surface area contributed by atoms with E-state index in [2.05, 4.69) is 10.3 Å². The standard InChI is InChI=1S/C13H8ClFN2O3/c14-9-3-4-16-6-8(9)12(18)17-11-5-7(13(19)20)1-2-10(11)15/h1-6H,(H,17,18)(H,19,20). The lowest BCUT2D eigenvalue weighted by molar-refractivity contribution is 0.0696. The van der Waals surface area contributed by atoms with Gasteiger partial charge in [0, 0.05) is 12.4 Å². The Morgan fingerprint density at radius 3 is 2.70 bits per heavy atom. The molecule has 0 spiro atoms. The lowest BCUT2D eigenvalue weighted by atomic mass is 10.2. The van der Waals surface area contributed by atoms with E-state index in [1.165, 1.54) is 18.5 Å². The number of aromatic carboxylic acids is 1. The van der Waals surface area contributed by atoms with Gasteiger partial charge >= 0.3 is 5.97 Å². The number of anilines is 1. The minimum atomic E-state index is -1.22. The fraction of sp³-hybridized carbons (Fsp3) is 0. The highest BCUT2D eigenvalue weighted by Crippen LogP contribution is 2.19. The number of benzene rings is 1. The molecule has 0 fully saturated rings. The van der Waals surface area contributed by atoms with Crippen LogP contribution >= 0.6 is 11.6 Å². The van der Waals surface area contributed by atoms with Crippen LogP contribution in [0, 0.1) is 5.82 Å². The summed E-state index contributed by atoms with van der Waals surface area (Å²) in [6, 6.07) is 4.51. The maximum absolute atomic E-state index is 13.6. The first-order chi connectivity index (χ1) is 9.49. The second-order valence-corrected chi connectivity index (χ2v) is 4.22. The average molecular weight is 295 g/mol. The van der Waals surface area contributed by atoms with Crippen molar-refractivity contribution >= 4 is 29.2 Å². The van der Waals surface area contributed by atoms with E-state index in [9.17, 15) is 14.0 Å². The minimum Gasteiger partial charge on any atom is -0.478 e. The second-order valence-electron chi connectivity index (χ2n) is 3.81. The molecule has 0 bridgehead atoms. The van der Waals surface area contributed by atoms with Gasteiger partial charge in [-0.3, -0.25) is 9.78 Å². The molecular weight excluding hydrogens is 287 g/mol. The summed E-state index contributed by atoms with van der Waals surface area (Å²) in [4.78, 5) is 26.5. The van der Waals surface area contributed by atoms with Gasteiger partial charge in [-0.2, -0.15) is 0 Å². The smallest absolute Gasteiger partial charge is 0.335 e. The normalized spacial score (nSPS) is 10.1. The van der Waals surface area contributed by atoms with Gasteiger partial charge in [-0.1, -0.05) is 11.6 Å². The molecule has 5 nitrogen and oxygen atoms in total. The van der Waals surface area contributed by atoms with Crippen LogP contribution in [0.25, 0.3) is 0 Å². The molecule has 0 aliphatic carbocycles. The highest BCUT2D eigenvalue weighted by molar-refractivity contribution is 6.34. The van der Waals surface area contributed by atoms with Crippen molar-refractivity contribution < 1.29 is 19.1 Å². The highest BCUT2D eigenvalue weighted by atomic mass is 35.5. The van der Waals surface area contributed by atoms with Crippen molar-refractivity contribution in [3.8, 4) is 0 Å². The minimum absolute atomic E-state index is 0.0642. The molecule has 0 aliphatic rings. The van der Waals surface area contributed by atoms with Gasteiger partial charge in [0.15, 0.2) is 0 Å². The van der Waals surface area contributed by atoms with Crippen molar-refractivity contribution in [2.24, 2.45) is 0 Å². The van der Waals surface area contributed by atoms with Crippen LogP contribution in [0.5, 0.6) is 0 Å². The zero-order valence-electron chi connectivity index (χ0n) is 9.93. The number of carboxylic acids is 1. The lowest BCUT2D eigenvalue weighted by Gasteiger charge is -2.08. The molecule has 0 saturated heterocycles. The zero-order chi connectivity index (χ0) is 14.7. The number of aromatic nitrogens is 1. The number of amides is 1. The topological polar surface area (TPSA) is 79.3 Å². The first-order valence-electron chi connectivity index (χ1n) is 5.42. The summed E-state index contributed by atoms with van der Waals surface area (Å²) < 4.78 is 13.6. The number of carboxylic acid groups (broad SMARTS) is 1. The Hall–Kier alpha value is -2.47. The Morgan fingerprint density at radius 1 is 1.30 bits per heavy atom. The van der Waals surface area contributed by atoms with E-state index < -0.39 is 17.7 Å². The van der Waals surface area contributed by atoms with Crippen LogP contribution in [0.2, 0.25) is 5.02 Å². The van der Waals surface area contributed by atoms with Crippen LogP contribution in [-0.2, 0) is 0 Å². The van der Waals surface area contributed by atoms with Gasteiger partial charge < -0.3 is 10.4 Å². The highest BCUT2D eigenvalue weighted by Gasteiger charge is 2.14. The van der Waals surface area contributed by atoms with Crippen molar-refractivity contribution in [2.75, 3.05) is 5.32 Å². The van der Waals surface area contributed by atoms with Gasteiger partial charge in [0.1, 0.15) is 5.82 Å². The van der Waals surface area contributed by atoms with Crippen LogP contribution in [-0.4, -0.2) is 22.0 Å². The molecule has 0 unspecified atom stereocenters. The molecule has 0 saturated carbocycles. The Balaban J connectivity index is 2.30.